The van der Waals surface area contributed by atoms with Crippen molar-refractivity contribution in [3.05, 3.63) is 39.9 Å². The second kappa shape index (κ2) is 6.02. The Morgan fingerprint density at radius 2 is 1.94 bits per heavy atom. The molecule has 0 spiro atoms. The number of nitrogens with two attached hydrogens (primary N) is 1. The van der Waals surface area contributed by atoms with E-state index in [9.17, 15) is 0 Å². The highest BCUT2D eigenvalue weighted by atomic mass is 35.5. The topological polar surface area (TPSA) is 51.8 Å². The highest BCUT2D eigenvalue weighted by molar-refractivity contribution is 8.01. The summed E-state index contributed by atoms with van der Waals surface area (Å²) in [6.45, 7) is 3.95. The smallest absolute Gasteiger partial charge is 0.174 e. The third-order valence-corrected chi connectivity index (χ3v) is 5.07. The molecule has 0 aliphatic rings. The van der Waals surface area contributed by atoms with Crippen LogP contribution in [0, 0.1) is 6.92 Å². The number of thioether (sulfide) groups is 1. The molecule has 0 aliphatic carbocycles. The Bertz CT molecular complexity index is 510. The van der Waals surface area contributed by atoms with Crippen LogP contribution in [0.15, 0.2) is 28.6 Å². The van der Waals surface area contributed by atoms with Crippen molar-refractivity contribution in [2.24, 2.45) is 5.73 Å². The van der Waals surface area contributed by atoms with E-state index in [-0.39, 0.29) is 11.3 Å². The predicted molar refractivity (Wildman–Crippen MR) is 78.3 cm³/mol. The van der Waals surface area contributed by atoms with Gasteiger partial charge in [-0.3, -0.25) is 0 Å². The first-order valence-electron chi connectivity index (χ1n) is 5.54. The predicted octanol–water partition coefficient (Wildman–Crippen LogP) is 3.68. The van der Waals surface area contributed by atoms with Gasteiger partial charge in [0.1, 0.15) is 5.01 Å². The van der Waals surface area contributed by atoms with Crippen molar-refractivity contribution in [2.75, 3.05) is 0 Å². The Morgan fingerprint density at radius 3 is 2.44 bits per heavy atom. The van der Waals surface area contributed by atoms with Crippen LogP contribution >= 0.6 is 34.7 Å². The molecule has 0 fully saturated rings. The average molecular weight is 300 g/mol. The molecule has 0 saturated carbocycles. The van der Waals surface area contributed by atoms with Gasteiger partial charge in [0.2, 0.25) is 0 Å². The lowest BCUT2D eigenvalue weighted by atomic mass is 10.1. The van der Waals surface area contributed by atoms with Gasteiger partial charge in [0, 0.05) is 11.1 Å². The van der Waals surface area contributed by atoms with E-state index in [2.05, 4.69) is 10.2 Å². The maximum atomic E-state index is 6.06. The van der Waals surface area contributed by atoms with Crippen molar-refractivity contribution in [2.45, 2.75) is 29.5 Å². The van der Waals surface area contributed by atoms with E-state index >= 15 is 0 Å². The first-order valence-corrected chi connectivity index (χ1v) is 7.61. The van der Waals surface area contributed by atoms with Gasteiger partial charge in [0.05, 0.1) is 5.25 Å². The molecule has 1 heterocycles. The molecular weight excluding hydrogens is 286 g/mol. The zero-order chi connectivity index (χ0) is 13.1. The second-order valence-electron chi connectivity index (χ2n) is 4.04. The largest absolute Gasteiger partial charge is 0.327 e. The molecule has 0 aliphatic heterocycles. The molecular formula is C12H14ClN3S2. The van der Waals surface area contributed by atoms with Crippen LogP contribution in [-0.2, 0) is 0 Å². The Balaban J connectivity index is 2.20. The Morgan fingerprint density at radius 1 is 1.28 bits per heavy atom. The molecule has 2 rings (SSSR count). The minimum absolute atomic E-state index is 0.0281. The lowest BCUT2D eigenvalue weighted by Gasteiger charge is -2.19. The summed E-state index contributed by atoms with van der Waals surface area (Å²) in [5.41, 5.74) is 7.22. The summed E-state index contributed by atoms with van der Waals surface area (Å²) in [5.74, 6) is 0. The zero-order valence-electron chi connectivity index (χ0n) is 10.1. The number of rotatable bonds is 4. The molecule has 2 aromatic rings. The zero-order valence-corrected chi connectivity index (χ0v) is 12.5. The van der Waals surface area contributed by atoms with Crippen molar-refractivity contribution in [3.8, 4) is 0 Å². The summed E-state index contributed by atoms with van der Waals surface area (Å²) in [6.07, 6.45) is 0. The Labute approximate surface area is 120 Å². The van der Waals surface area contributed by atoms with Crippen molar-refractivity contribution >= 4 is 34.7 Å². The summed E-state index contributed by atoms with van der Waals surface area (Å²) in [6, 6.07) is 7.82. The highest BCUT2D eigenvalue weighted by Gasteiger charge is 2.19. The maximum Gasteiger partial charge on any atom is 0.174 e. The first kappa shape index (κ1) is 13.8. The summed E-state index contributed by atoms with van der Waals surface area (Å²) in [7, 11) is 0. The number of nitrogens with zero attached hydrogens (tertiary/aromatic N) is 2. The van der Waals surface area contributed by atoms with E-state index in [1.165, 1.54) is 0 Å². The number of hydrogen-bond donors (Lipinski definition) is 1. The normalized spacial score (nSPS) is 14.4. The molecule has 2 unspecified atom stereocenters. The number of hydrogen-bond acceptors (Lipinski definition) is 5. The molecule has 0 radical (unpaired) electrons. The van der Waals surface area contributed by atoms with E-state index in [4.69, 9.17) is 17.3 Å². The summed E-state index contributed by atoms with van der Waals surface area (Å²) >= 11 is 9.14. The fraction of sp³-hybridized carbons (Fsp3) is 0.333. The molecule has 1 aromatic carbocycles. The summed E-state index contributed by atoms with van der Waals surface area (Å²) in [4.78, 5) is 0. The van der Waals surface area contributed by atoms with Gasteiger partial charge >= 0.3 is 0 Å². The maximum absolute atomic E-state index is 6.06. The monoisotopic (exact) mass is 299 g/mol. The quantitative estimate of drug-likeness (QED) is 0.875. The van der Waals surface area contributed by atoms with Crippen LogP contribution in [0.2, 0.25) is 5.02 Å². The second-order valence-corrected chi connectivity index (χ2v) is 7.04. The van der Waals surface area contributed by atoms with Gasteiger partial charge < -0.3 is 5.73 Å². The van der Waals surface area contributed by atoms with E-state index < -0.39 is 0 Å². The summed E-state index contributed by atoms with van der Waals surface area (Å²) in [5, 5.41) is 10.0. The highest BCUT2D eigenvalue weighted by Crippen LogP contribution is 2.38. The molecule has 2 N–H and O–H groups in total. The molecule has 96 valence electrons. The molecule has 18 heavy (non-hydrogen) atoms. The fourth-order valence-electron chi connectivity index (χ4n) is 1.57. The van der Waals surface area contributed by atoms with Crippen molar-refractivity contribution in [1.29, 1.82) is 0 Å². The first-order chi connectivity index (χ1) is 8.56. The molecule has 1 aromatic heterocycles. The minimum Gasteiger partial charge on any atom is -0.327 e. The van der Waals surface area contributed by atoms with Crippen LogP contribution in [0.25, 0.3) is 0 Å². The van der Waals surface area contributed by atoms with Crippen LogP contribution in [0.1, 0.15) is 22.7 Å². The Kier molecular flexibility index (Phi) is 4.61. The van der Waals surface area contributed by atoms with Gasteiger partial charge in [-0.15, -0.1) is 10.2 Å². The van der Waals surface area contributed by atoms with Crippen LogP contribution in [0.5, 0.6) is 0 Å². The minimum atomic E-state index is 0.0281. The SMILES string of the molecule is Cc1nnc(SC(c2ccc(Cl)cc2)C(C)N)s1. The third kappa shape index (κ3) is 3.45. The third-order valence-electron chi connectivity index (χ3n) is 2.41. The standard InChI is InChI=1S/C12H14ClN3S2/c1-7(14)11(9-3-5-10(13)6-4-9)18-12-16-15-8(2)17-12/h3-7,11H,14H2,1-2H3. The van der Waals surface area contributed by atoms with Gasteiger partial charge in [0.25, 0.3) is 0 Å². The van der Waals surface area contributed by atoms with Crippen molar-refractivity contribution in [1.82, 2.24) is 10.2 Å². The molecule has 0 saturated heterocycles. The van der Waals surface area contributed by atoms with Gasteiger partial charge in [-0.2, -0.15) is 0 Å². The number of aromatic nitrogens is 2. The molecule has 2 atom stereocenters. The van der Waals surface area contributed by atoms with Gasteiger partial charge in [-0.05, 0) is 31.5 Å². The molecule has 6 heteroatoms. The molecule has 0 bridgehead atoms. The van der Waals surface area contributed by atoms with Gasteiger partial charge in [0.15, 0.2) is 4.34 Å². The fourth-order valence-corrected chi connectivity index (χ4v) is 3.79. The van der Waals surface area contributed by atoms with Crippen LogP contribution < -0.4 is 5.73 Å². The number of aryl methyl sites for hydroxylation is 1. The summed E-state index contributed by atoms with van der Waals surface area (Å²) < 4.78 is 0.949. The molecule has 3 nitrogen and oxygen atoms in total. The Hall–Kier alpha value is -0.620. The van der Waals surface area contributed by atoms with Crippen molar-refractivity contribution < 1.29 is 0 Å². The number of benzene rings is 1. The molecule has 0 amide bonds. The van der Waals surface area contributed by atoms with Gasteiger partial charge in [-0.25, -0.2) is 0 Å². The lowest BCUT2D eigenvalue weighted by Crippen LogP contribution is -2.22. The van der Waals surface area contributed by atoms with Crippen LogP contribution in [-0.4, -0.2) is 16.2 Å². The average Bonchev–Trinajstić information content (AvgIpc) is 2.73. The van der Waals surface area contributed by atoms with Crippen LogP contribution in [0.3, 0.4) is 0 Å². The van der Waals surface area contributed by atoms with Gasteiger partial charge in [-0.1, -0.05) is 46.8 Å². The van der Waals surface area contributed by atoms with E-state index in [0.29, 0.717) is 0 Å². The van der Waals surface area contributed by atoms with E-state index in [1.54, 1.807) is 23.1 Å². The number of halogens is 1. The lowest BCUT2D eigenvalue weighted by molar-refractivity contribution is 0.720. The van der Waals surface area contributed by atoms with Crippen LogP contribution in [0.4, 0.5) is 0 Å². The van der Waals surface area contributed by atoms with E-state index in [0.717, 1.165) is 19.9 Å². The van der Waals surface area contributed by atoms with Crippen molar-refractivity contribution in [3.63, 3.8) is 0 Å². The van der Waals surface area contributed by atoms with E-state index in [1.807, 2.05) is 38.1 Å².